The number of likely N-dealkylation sites (tertiary alicyclic amines) is 1. The van der Waals surface area contributed by atoms with Gasteiger partial charge in [-0.25, -0.2) is 0 Å². The van der Waals surface area contributed by atoms with Gasteiger partial charge < -0.3 is 18.8 Å². The normalized spacial score (nSPS) is 20.1. The second-order valence-corrected chi connectivity index (χ2v) is 6.55. The largest absolute Gasteiger partial charge is 0.467 e. The number of ether oxygens (including phenoxy) is 1. The molecule has 0 bridgehead atoms. The second-order valence-electron chi connectivity index (χ2n) is 6.55. The maximum absolute atomic E-state index is 10.2. The van der Waals surface area contributed by atoms with E-state index >= 15 is 0 Å². The van der Waals surface area contributed by atoms with Crippen molar-refractivity contribution in [3.05, 3.63) is 35.9 Å². The Balaban J connectivity index is 1.49. The maximum Gasteiger partial charge on any atom is 0.229 e. The lowest BCUT2D eigenvalue weighted by atomic mass is 10.2. The van der Waals surface area contributed by atoms with Crippen LogP contribution in [0.15, 0.2) is 27.3 Å². The molecule has 0 amide bonds. The van der Waals surface area contributed by atoms with Crippen molar-refractivity contribution in [2.75, 3.05) is 19.7 Å². The van der Waals surface area contributed by atoms with Crippen molar-refractivity contribution in [3.63, 3.8) is 0 Å². The summed E-state index contributed by atoms with van der Waals surface area (Å²) in [7, 11) is 0. The van der Waals surface area contributed by atoms with Crippen LogP contribution in [0.4, 0.5) is 0 Å². The Morgan fingerprint density at radius 1 is 1.46 bits per heavy atom. The minimum atomic E-state index is -0.558. The van der Waals surface area contributed by atoms with Gasteiger partial charge in [-0.2, -0.15) is 4.98 Å². The van der Waals surface area contributed by atoms with Crippen LogP contribution in [0.5, 0.6) is 0 Å². The standard InChI is InChI=1S/C17H25N3O4/c1-12(2)17-18-16(19-24-17)15-6-3-7-20(15)9-13(21)10-22-11-14-5-4-8-23-14/h4-5,8,12-13,15,21H,3,6-7,9-11H2,1-2H3/t13-,15-/m1/s1. The van der Waals surface area contributed by atoms with Crippen LogP contribution < -0.4 is 0 Å². The van der Waals surface area contributed by atoms with Crippen LogP contribution in [0.2, 0.25) is 0 Å². The molecule has 7 heteroatoms. The van der Waals surface area contributed by atoms with E-state index in [2.05, 4.69) is 15.0 Å². The van der Waals surface area contributed by atoms with Gasteiger partial charge in [0.15, 0.2) is 5.82 Å². The molecule has 132 valence electrons. The summed E-state index contributed by atoms with van der Waals surface area (Å²) in [6, 6.07) is 3.78. The van der Waals surface area contributed by atoms with E-state index in [-0.39, 0.29) is 18.6 Å². The predicted octanol–water partition coefficient (Wildman–Crippen LogP) is 2.50. The Morgan fingerprint density at radius 2 is 2.33 bits per heavy atom. The Morgan fingerprint density at radius 3 is 3.04 bits per heavy atom. The van der Waals surface area contributed by atoms with Crippen LogP contribution in [0.3, 0.4) is 0 Å². The molecule has 1 N–H and O–H groups in total. The quantitative estimate of drug-likeness (QED) is 0.793. The molecule has 7 nitrogen and oxygen atoms in total. The van der Waals surface area contributed by atoms with E-state index < -0.39 is 6.10 Å². The smallest absolute Gasteiger partial charge is 0.229 e. The van der Waals surface area contributed by atoms with E-state index in [0.717, 1.165) is 31.0 Å². The van der Waals surface area contributed by atoms with Crippen LogP contribution >= 0.6 is 0 Å². The molecule has 1 aliphatic heterocycles. The molecule has 0 radical (unpaired) electrons. The summed E-state index contributed by atoms with van der Waals surface area (Å²) in [5, 5.41) is 14.4. The van der Waals surface area contributed by atoms with Crippen LogP contribution in [-0.4, -0.2) is 45.9 Å². The number of hydrogen-bond acceptors (Lipinski definition) is 7. The third kappa shape index (κ3) is 4.23. The average Bonchev–Trinajstić information content (AvgIpc) is 3.28. The molecule has 1 saturated heterocycles. The molecule has 0 spiro atoms. The lowest BCUT2D eigenvalue weighted by Gasteiger charge is -2.24. The Kier molecular flexibility index (Phi) is 5.65. The van der Waals surface area contributed by atoms with E-state index in [0.29, 0.717) is 19.0 Å². The highest BCUT2D eigenvalue weighted by molar-refractivity contribution is 5.00. The number of furan rings is 1. The Labute approximate surface area is 141 Å². The van der Waals surface area contributed by atoms with Gasteiger partial charge >= 0.3 is 0 Å². The van der Waals surface area contributed by atoms with Crippen molar-refractivity contribution >= 4 is 0 Å². The van der Waals surface area contributed by atoms with Gasteiger partial charge in [0.2, 0.25) is 5.89 Å². The molecule has 2 aromatic rings. The monoisotopic (exact) mass is 335 g/mol. The van der Waals surface area contributed by atoms with Gasteiger partial charge in [-0.3, -0.25) is 4.90 Å². The number of aliphatic hydroxyl groups excluding tert-OH is 1. The molecule has 3 rings (SSSR count). The van der Waals surface area contributed by atoms with Gasteiger partial charge in [0, 0.05) is 12.5 Å². The van der Waals surface area contributed by atoms with Crippen LogP contribution in [0, 0.1) is 0 Å². The summed E-state index contributed by atoms with van der Waals surface area (Å²) in [5.41, 5.74) is 0. The van der Waals surface area contributed by atoms with E-state index in [9.17, 15) is 5.11 Å². The molecule has 0 unspecified atom stereocenters. The minimum absolute atomic E-state index is 0.112. The Bertz CT molecular complexity index is 611. The second kappa shape index (κ2) is 7.92. The number of β-amino-alcohol motifs (C(OH)–C–C–N with tert-alkyl or cyclic N) is 1. The average molecular weight is 335 g/mol. The topological polar surface area (TPSA) is 84.8 Å². The molecule has 2 aromatic heterocycles. The molecule has 0 aromatic carbocycles. The number of rotatable bonds is 8. The van der Waals surface area contributed by atoms with Crippen molar-refractivity contribution in [1.29, 1.82) is 0 Å². The fourth-order valence-electron chi connectivity index (χ4n) is 2.97. The molecule has 24 heavy (non-hydrogen) atoms. The molecule has 3 heterocycles. The summed E-state index contributed by atoms with van der Waals surface area (Å²) in [6.45, 7) is 6.16. The lowest BCUT2D eigenvalue weighted by molar-refractivity contribution is 0.00252. The van der Waals surface area contributed by atoms with Crippen molar-refractivity contribution in [3.8, 4) is 0 Å². The summed E-state index contributed by atoms with van der Waals surface area (Å²) in [5.74, 6) is 2.37. The summed E-state index contributed by atoms with van der Waals surface area (Å²) in [4.78, 5) is 6.70. The first-order valence-electron chi connectivity index (χ1n) is 8.49. The predicted molar refractivity (Wildman–Crippen MR) is 86.3 cm³/mol. The molecular weight excluding hydrogens is 310 g/mol. The first kappa shape index (κ1) is 17.1. The van der Waals surface area contributed by atoms with Gasteiger partial charge in [-0.15, -0.1) is 0 Å². The highest BCUT2D eigenvalue weighted by atomic mass is 16.5. The zero-order valence-electron chi connectivity index (χ0n) is 14.2. The van der Waals surface area contributed by atoms with Crippen LogP contribution in [0.25, 0.3) is 0 Å². The van der Waals surface area contributed by atoms with Crippen molar-refractivity contribution in [2.24, 2.45) is 0 Å². The fraction of sp³-hybridized carbons (Fsp3) is 0.647. The first-order valence-corrected chi connectivity index (χ1v) is 8.49. The minimum Gasteiger partial charge on any atom is -0.467 e. The SMILES string of the molecule is CC(C)c1nc([C@H]2CCCN2C[C@@H](O)COCc2ccco2)no1. The van der Waals surface area contributed by atoms with Gasteiger partial charge in [0.25, 0.3) is 0 Å². The molecule has 2 atom stereocenters. The summed E-state index contributed by atoms with van der Waals surface area (Å²) in [6.07, 6.45) is 3.10. The summed E-state index contributed by atoms with van der Waals surface area (Å²) < 4.78 is 16.0. The van der Waals surface area contributed by atoms with Gasteiger partial charge in [-0.1, -0.05) is 19.0 Å². The highest BCUT2D eigenvalue weighted by Gasteiger charge is 2.31. The zero-order valence-corrected chi connectivity index (χ0v) is 14.2. The van der Waals surface area contributed by atoms with E-state index in [1.54, 1.807) is 6.26 Å². The number of aromatic nitrogens is 2. The van der Waals surface area contributed by atoms with Crippen LogP contribution in [0.1, 0.15) is 56.1 Å². The van der Waals surface area contributed by atoms with Crippen molar-refractivity contribution in [2.45, 2.75) is 51.4 Å². The number of hydrogen-bond donors (Lipinski definition) is 1. The van der Waals surface area contributed by atoms with E-state index in [1.165, 1.54) is 0 Å². The van der Waals surface area contributed by atoms with E-state index in [4.69, 9.17) is 13.7 Å². The third-order valence-corrected chi connectivity index (χ3v) is 4.19. The van der Waals surface area contributed by atoms with Crippen molar-refractivity contribution < 1.29 is 18.8 Å². The summed E-state index contributed by atoms with van der Waals surface area (Å²) >= 11 is 0. The van der Waals surface area contributed by atoms with Crippen molar-refractivity contribution in [1.82, 2.24) is 15.0 Å². The fourth-order valence-corrected chi connectivity index (χ4v) is 2.97. The van der Waals surface area contributed by atoms with Gasteiger partial charge in [0.05, 0.1) is 25.0 Å². The Hall–Kier alpha value is -1.70. The number of aliphatic hydroxyl groups is 1. The molecular formula is C17H25N3O4. The van der Waals surface area contributed by atoms with Gasteiger partial charge in [0.1, 0.15) is 12.4 Å². The highest BCUT2D eigenvalue weighted by Crippen LogP contribution is 2.30. The molecule has 0 aliphatic carbocycles. The molecule has 0 saturated carbocycles. The molecule has 1 aliphatic rings. The third-order valence-electron chi connectivity index (χ3n) is 4.19. The van der Waals surface area contributed by atoms with E-state index in [1.807, 2.05) is 26.0 Å². The lowest BCUT2D eigenvalue weighted by Crippen LogP contribution is -2.35. The number of nitrogens with zero attached hydrogens (tertiary/aromatic N) is 3. The first-order chi connectivity index (χ1) is 11.6. The molecule has 1 fully saturated rings. The van der Waals surface area contributed by atoms with Gasteiger partial charge in [-0.05, 0) is 31.5 Å². The maximum atomic E-state index is 10.2. The van der Waals surface area contributed by atoms with Crippen LogP contribution in [-0.2, 0) is 11.3 Å². The zero-order chi connectivity index (χ0) is 16.9.